The Hall–Kier alpha value is -0.930. The first-order chi connectivity index (χ1) is 8.31. The lowest BCUT2D eigenvalue weighted by Crippen LogP contribution is -2.36. The van der Waals surface area contributed by atoms with Gasteiger partial charge in [0.15, 0.2) is 0 Å². The zero-order valence-electron chi connectivity index (χ0n) is 10.3. The molecule has 0 bridgehead atoms. The van der Waals surface area contributed by atoms with E-state index in [1.165, 1.54) is 6.07 Å². The minimum Gasteiger partial charge on any atom is -0.381 e. The van der Waals surface area contributed by atoms with E-state index in [9.17, 15) is 4.39 Å². The summed E-state index contributed by atoms with van der Waals surface area (Å²) in [5.74, 6) is 0.421. The maximum atomic E-state index is 13.6. The fraction of sp³-hybridized carbons (Fsp3) is 0.571. The molecule has 1 saturated heterocycles. The lowest BCUT2D eigenvalue weighted by molar-refractivity contribution is 0.0392. The average Bonchev–Trinajstić information content (AvgIpc) is 2.39. The van der Waals surface area contributed by atoms with Crippen LogP contribution in [-0.4, -0.2) is 26.3 Å². The third kappa shape index (κ3) is 3.27. The van der Waals surface area contributed by atoms with Crippen LogP contribution >= 0.6 is 0 Å². The first-order valence-corrected chi connectivity index (χ1v) is 6.28. The van der Waals surface area contributed by atoms with Gasteiger partial charge in [0.05, 0.1) is 6.10 Å². The molecular weight excluding hydrogens is 217 g/mol. The lowest BCUT2D eigenvalue weighted by Gasteiger charge is -2.29. The van der Waals surface area contributed by atoms with E-state index in [1.54, 1.807) is 13.2 Å². The van der Waals surface area contributed by atoms with Crippen molar-refractivity contribution in [2.24, 2.45) is 5.92 Å². The lowest BCUT2D eigenvalue weighted by atomic mass is 9.88. The molecule has 2 rings (SSSR count). The maximum Gasteiger partial charge on any atom is 0.126 e. The number of hydrogen-bond donors (Lipinski definition) is 1. The van der Waals surface area contributed by atoms with E-state index < -0.39 is 0 Å². The smallest absolute Gasteiger partial charge is 0.126 e. The summed E-state index contributed by atoms with van der Waals surface area (Å²) in [5, 5.41) is 3.34. The molecule has 1 aromatic carbocycles. The van der Waals surface area contributed by atoms with Crippen molar-refractivity contribution in [3.8, 4) is 0 Å². The summed E-state index contributed by atoms with van der Waals surface area (Å²) in [4.78, 5) is 0. The number of methoxy groups -OCH3 is 1. The number of rotatable bonds is 4. The van der Waals surface area contributed by atoms with Crippen molar-refractivity contribution in [3.63, 3.8) is 0 Å². The van der Waals surface area contributed by atoms with Crippen LogP contribution < -0.4 is 5.32 Å². The number of benzene rings is 1. The zero-order chi connectivity index (χ0) is 12.1. The monoisotopic (exact) mass is 237 g/mol. The van der Waals surface area contributed by atoms with Gasteiger partial charge in [0.25, 0.3) is 0 Å². The SMILES string of the molecule is COC(Cc1ccccc1F)C1CCNCC1. The molecule has 3 heteroatoms. The maximum absolute atomic E-state index is 13.6. The fourth-order valence-electron chi connectivity index (χ4n) is 2.54. The number of ether oxygens (including phenoxy) is 1. The van der Waals surface area contributed by atoms with Crippen molar-refractivity contribution in [1.29, 1.82) is 0 Å². The molecule has 94 valence electrons. The van der Waals surface area contributed by atoms with Gasteiger partial charge in [0.2, 0.25) is 0 Å². The molecule has 0 radical (unpaired) electrons. The number of hydrogen-bond acceptors (Lipinski definition) is 2. The Bertz CT molecular complexity index is 350. The molecule has 1 aliphatic heterocycles. The molecule has 0 aliphatic carbocycles. The van der Waals surface area contributed by atoms with Crippen molar-refractivity contribution >= 4 is 0 Å². The summed E-state index contributed by atoms with van der Waals surface area (Å²) in [6, 6.07) is 6.98. The minimum atomic E-state index is -0.122. The molecular formula is C14H20FNO. The Morgan fingerprint density at radius 1 is 1.35 bits per heavy atom. The van der Waals surface area contributed by atoms with Crippen molar-refractivity contribution in [2.45, 2.75) is 25.4 Å². The summed E-state index contributed by atoms with van der Waals surface area (Å²) in [6.45, 7) is 2.09. The van der Waals surface area contributed by atoms with Crippen molar-refractivity contribution < 1.29 is 9.13 Å². The Labute approximate surface area is 102 Å². The standard InChI is InChI=1S/C14H20FNO/c1-17-14(11-6-8-16-9-7-11)10-12-4-2-3-5-13(12)15/h2-5,11,14,16H,6-10H2,1H3. The van der Waals surface area contributed by atoms with E-state index >= 15 is 0 Å². The molecule has 2 nitrogen and oxygen atoms in total. The van der Waals surface area contributed by atoms with Crippen molar-refractivity contribution in [3.05, 3.63) is 35.6 Å². The van der Waals surface area contributed by atoms with Crippen LogP contribution in [-0.2, 0) is 11.2 Å². The van der Waals surface area contributed by atoms with Gasteiger partial charge in [-0.05, 0) is 43.5 Å². The van der Waals surface area contributed by atoms with Crippen LogP contribution in [0.1, 0.15) is 18.4 Å². The third-order valence-corrected chi connectivity index (χ3v) is 3.59. The van der Waals surface area contributed by atoms with E-state index in [-0.39, 0.29) is 11.9 Å². The van der Waals surface area contributed by atoms with E-state index in [0.717, 1.165) is 31.5 Å². The predicted octanol–water partition coefficient (Wildman–Crippen LogP) is 2.38. The van der Waals surface area contributed by atoms with Gasteiger partial charge in [0.1, 0.15) is 5.82 Å². The molecule has 0 amide bonds. The second-order valence-electron chi connectivity index (χ2n) is 4.66. The van der Waals surface area contributed by atoms with Crippen molar-refractivity contribution in [2.75, 3.05) is 20.2 Å². The van der Waals surface area contributed by atoms with Crippen LogP contribution in [0.4, 0.5) is 4.39 Å². The molecule has 1 unspecified atom stereocenters. The molecule has 1 fully saturated rings. The second-order valence-corrected chi connectivity index (χ2v) is 4.66. The number of piperidine rings is 1. The molecule has 1 heterocycles. The minimum absolute atomic E-state index is 0.122. The summed E-state index contributed by atoms with van der Waals surface area (Å²) in [5.41, 5.74) is 0.762. The summed E-state index contributed by atoms with van der Waals surface area (Å²) in [7, 11) is 1.73. The molecule has 1 aromatic rings. The quantitative estimate of drug-likeness (QED) is 0.868. The van der Waals surface area contributed by atoms with Crippen LogP contribution in [0, 0.1) is 11.7 Å². The predicted molar refractivity (Wildman–Crippen MR) is 66.5 cm³/mol. The Kier molecular flexibility index (Phi) is 4.51. The van der Waals surface area contributed by atoms with Gasteiger partial charge in [-0.15, -0.1) is 0 Å². The van der Waals surface area contributed by atoms with Crippen LogP contribution in [0.2, 0.25) is 0 Å². The molecule has 0 saturated carbocycles. The highest BCUT2D eigenvalue weighted by Gasteiger charge is 2.24. The Balaban J connectivity index is 2.01. The van der Waals surface area contributed by atoms with Gasteiger partial charge in [0, 0.05) is 13.5 Å². The van der Waals surface area contributed by atoms with E-state index in [0.29, 0.717) is 12.3 Å². The van der Waals surface area contributed by atoms with Crippen LogP contribution in [0.5, 0.6) is 0 Å². The van der Waals surface area contributed by atoms with Crippen LogP contribution in [0.25, 0.3) is 0 Å². The molecule has 1 atom stereocenters. The van der Waals surface area contributed by atoms with Gasteiger partial charge in [-0.25, -0.2) is 4.39 Å². The normalized spacial score (nSPS) is 19.2. The number of nitrogens with one attached hydrogen (secondary N) is 1. The van der Waals surface area contributed by atoms with Gasteiger partial charge >= 0.3 is 0 Å². The Morgan fingerprint density at radius 3 is 2.71 bits per heavy atom. The molecule has 17 heavy (non-hydrogen) atoms. The van der Waals surface area contributed by atoms with Crippen LogP contribution in [0.3, 0.4) is 0 Å². The van der Waals surface area contributed by atoms with Gasteiger partial charge in [-0.3, -0.25) is 0 Å². The van der Waals surface area contributed by atoms with E-state index in [2.05, 4.69) is 5.32 Å². The fourth-order valence-corrected chi connectivity index (χ4v) is 2.54. The van der Waals surface area contributed by atoms with Crippen molar-refractivity contribution in [1.82, 2.24) is 5.32 Å². The Morgan fingerprint density at radius 2 is 2.06 bits per heavy atom. The average molecular weight is 237 g/mol. The first-order valence-electron chi connectivity index (χ1n) is 6.28. The topological polar surface area (TPSA) is 21.3 Å². The molecule has 0 spiro atoms. The molecule has 1 aliphatic rings. The number of halogens is 1. The molecule has 0 aromatic heterocycles. The highest BCUT2D eigenvalue weighted by molar-refractivity contribution is 5.18. The van der Waals surface area contributed by atoms with E-state index in [4.69, 9.17) is 4.74 Å². The third-order valence-electron chi connectivity index (χ3n) is 3.59. The zero-order valence-corrected chi connectivity index (χ0v) is 10.3. The summed E-state index contributed by atoms with van der Waals surface area (Å²) < 4.78 is 19.1. The highest BCUT2D eigenvalue weighted by atomic mass is 19.1. The van der Waals surface area contributed by atoms with Gasteiger partial charge < -0.3 is 10.1 Å². The highest BCUT2D eigenvalue weighted by Crippen LogP contribution is 2.22. The molecule has 1 N–H and O–H groups in total. The van der Waals surface area contributed by atoms with Gasteiger partial charge in [-0.1, -0.05) is 18.2 Å². The largest absolute Gasteiger partial charge is 0.381 e. The summed E-state index contributed by atoms with van der Waals surface area (Å²) >= 11 is 0. The first kappa shape index (κ1) is 12.5. The van der Waals surface area contributed by atoms with Gasteiger partial charge in [-0.2, -0.15) is 0 Å². The summed E-state index contributed by atoms with van der Waals surface area (Å²) in [6.07, 6.45) is 3.04. The van der Waals surface area contributed by atoms with E-state index in [1.807, 2.05) is 12.1 Å². The second kappa shape index (κ2) is 6.12. The van der Waals surface area contributed by atoms with Crippen LogP contribution in [0.15, 0.2) is 24.3 Å².